The van der Waals surface area contributed by atoms with Gasteiger partial charge in [-0.2, -0.15) is 0 Å². The number of quaternary nitrogens is 1. The standard InChI is InChI=1S/C24H31F3NO9P/c1-28(2,3)17-22(16-23(29)30)37-38(31,32)34-15-5-4-14-33-18-6-8-19(9-7-18)35-20-10-12-21(13-11-20)36-24(25,26)27/h6-13,22H,4-5,14-17H2,1-3H3,(H-,29,30,31,32)/p+1/t22-/m1/s1. The summed E-state index contributed by atoms with van der Waals surface area (Å²) in [5, 5.41) is 9.01. The number of aliphatic carboxylic acids is 1. The Morgan fingerprint density at radius 3 is 1.92 bits per heavy atom. The van der Waals surface area contributed by atoms with Crippen LogP contribution < -0.4 is 14.2 Å². The molecule has 14 heteroatoms. The number of carbonyl (C=O) groups is 1. The summed E-state index contributed by atoms with van der Waals surface area (Å²) < 4.78 is 74.3. The van der Waals surface area contributed by atoms with Gasteiger partial charge in [-0.25, -0.2) is 4.57 Å². The van der Waals surface area contributed by atoms with Crippen molar-refractivity contribution in [3.63, 3.8) is 0 Å². The van der Waals surface area contributed by atoms with Crippen molar-refractivity contribution >= 4 is 13.8 Å². The summed E-state index contributed by atoms with van der Waals surface area (Å²) in [5.74, 6) is -0.185. The lowest BCUT2D eigenvalue weighted by molar-refractivity contribution is -0.873. The molecule has 2 aromatic rings. The molecule has 212 valence electrons. The summed E-state index contributed by atoms with van der Waals surface area (Å²) in [4.78, 5) is 21.0. The summed E-state index contributed by atoms with van der Waals surface area (Å²) in [6.45, 7) is 0.423. The summed E-state index contributed by atoms with van der Waals surface area (Å²) in [6.07, 6.45) is -5.28. The number of hydrogen-bond donors (Lipinski definition) is 2. The zero-order chi connectivity index (χ0) is 28.4. The summed E-state index contributed by atoms with van der Waals surface area (Å²) in [6, 6.07) is 11.5. The van der Waals surface area contributed by atoms with E-state index in [0.717, 1.165) is 12.1 Å². The zero-order valence-electron chi connectivity index (χ0n) is 21.2. The molecule has 2 aromatic carbocycles. The van der Waals surface area contributed by atoms with Crippen LogP contribution in [-0.4, -0.2) is 73.8 Å². The molecule has 10 nitrogen and oxygen atoms in total. The SMILES string of the molecule is C[N+](C)(C)C[C@@H](CC(=O)O)OP(=O)(O)OCCCCOc1ccc(Oc2ccc(OC(F)(F)F)cc2)cc1. The summed E-state index contributed by atoms with van der Waals surface area (Å²) >= 11 is 0. The average molecular weight is 566 g/mol. The molecule has 2 N–H and O–H groups in total. The third-order valence-corrected chi connectivity index (χ3v) is 5.69. The second-order valence-corrected chi connectivity index (χ2v) is 10.7. The molecule has 0 fully saturated rings. The van der Waals surface area contributed by atoms with Crippen LogP contribution in [0.3, 0.4) is 0 Å². The van der Waals surface area contributed by atoms with Crippen molar-refractivity contribution in [2.24, 2.45) is 0 Å². The van der Waals surface area contributed by atoms with Crippen LogP contribution in [0.2, 0.25) is 0 Å². The molecule has 0 aromatic heterocycles. The molecule has 0 spiro atoms. The number of alkyl halides is 3. The van der Waals surface area contributed by atoms with E-state index < -0.39 is 32.7 Å². The van der Waals surface area contributed by atoms with Gasteiger partial charge in [0.15, 0.2) is 0 Å². The maximum absolute atomic E-state index is 12.2. The summed E-state index contributed by atoms with van der Waals surface area (Å²) in [7, 11) is 0.990. The molecular weight excluding hydrogens is 534 g/mol. The fourth-order valence-corrected chi connectivity index (χ4v) is 4.12. The lowest BCUT2D eigenvalue weighted by Crippen LogP contribution is -2.42. The number of nitrogens with zero attached hydrogens (tertiary/aromatic N) is 1. The molecule has 0 aliphatic heterocycles. The van der Waals surface area contributed by atoms with Gasteiger partial charge in [-0.1, -0.05) is 0 Å². The molecule has 0 saturated heterocycles. The number of ether oxygens (including phenoxy) is 3. The number of likely N-dealkylation sites (N-methyl/N-ethyl adjacent to an activating group) is 1. The molecule has 1 unspecified atom stereocenters. The van der Waals surface area contributed by atoms with Gasteiger partial charge in [-0.05, 0) is 61.4 Å². The van der Waals surface area contributed by atoms with Gasteiger partial charge >= 0.3 is 20.2 Å². The first-order valence-electron chi connectivity index (χ1n) is 11.5. The van der Waals surface area contributed by atoms with Crippen molar-refractivity contribution in [1.29, 1.82) is 0 Å². The van der Waals surface area contributed by atoms with E-state index in [1.165, 1.54) is 12.1 Å². The lowest BCUT2D eigenvalue weighted by atomic mass is 10.2. The zero-order valence-corrected chi connectivity index (χ0v) is 22.1. The fraction of sp³-hybridized carbons (Fsp3) is 0.458. The predicted octanol–water partition coefficient (Wildman–Crippen LogP) is 5.22. The van der Waals surface area contributed by atoms with Gasteiger partial charge in [-0.15, -0.1) is 13.2 Å². The Morgan fingerprint density at radius 2 is 1.42 bits per heavy atom. The van der Waals surface area contributed by atoms with Crippen molar-refractivity contribution in [2.45, 2.75) is 31.7 Å². The van der Waals surface area contributed by atoms with Gasteiger partial charge < -0.3 is 28.7 Å². The highest BCUT2D eigenvalue weighted by Gasteiger charge is 2.32. The highest BCUT2D eigenvalue weighted by molar-refractivity contribution is 7.47. The van der Waals surface area contributed by atoms with Gasteiger partial charge in [-0.3, -0.25) is 13.8 Å². The van der Waals surface area contributed by atoms with Gasteiger partial charge in [0, 0.05) is 0 Å². The third kappa shape index (κ3) is 13.6. The van der Waals surface area contributed by atoms with Crippen LogP contribution in [0.1, 0.15) is 19.3 Å². The van der Waals surface area contributed by atoms with Gasteiger partial charge in [0.25, 0.3) is 0 Å². The van der Waals surface area contributed by atoms with E-state index in [2.05, 4.69) is 4.74 Å². The van der Waals surface area contributed by atoms with Crippen LogP contribution >= 0.6 is 7.82 Å². The molecule has 0 radical (unpaired) electrons. The molecule has 0 aliphatic rings. The van der Waals surface area contributed by atoms with E-state index in [9.17, 15) is 27.4 Å². The number of rotatable bonds is 16. The van der Waals surface area contributed by atoms with E-state index in [0.29, 0.717) is 41.2 Å². The normalized spacial score (nSPS) is 14.4. The van der Waals surface area contributed by atoms with Gasteiger partial charge in [0.1, 0.15) is 35.6 Å². The van der Waals surface area contributed by atoms with Gasteiger partial charge in [0.05, 0.1) is 40.8 Å². The Balaban J connectivity index is 1.70. The number of carboxylic acid groups (broad SMARTS) is 1. The highest BCUT2D eigenvalue weighted by Crippen LogP contribution is 2.45. The van der Waals surface area contributed by atoms with Crippen LogP contribution in [0.4, 0.5) is 13.2 Å². The van der Waals surface area contributed by atoms with Crippen molar-refractivity contribution in [3.05, 3.63) is 48.5 Å². The Bertz CT molecular complexity index is 1060. The number of phosphoric ester groups is 1. The minimum absolute atomic E-state index is 0.0825. The Labute approximate surface area is 218 Å². The van der Waals surface area contributed by atoms with Crippen molar-refractivity contribution < 1.29 is 60.3 Å². The van der Waals surface area contributed by atoms with E-state index >= 15 is 0 Å². The largest absolute Gasteiger partial charge is 0.573 e. The van der Waals surface area contributed by atoms with Crippen molar-refractivity contribution in [3.8, 4) is 23.0 Å². The minimum atomic E-state index is -4.77. The monoisotopic (exact) mass is 566 g/mol. The van der Waals surface area contributed by atoms with Gasteiger partial charge in [0.2, 0.25) is 0 Å². The molecule has 0 saturated carbocycles. The summed E-state index contributed by atoms with van der Waals surface area (Å²) in [5.41, 5.74) is 0. The number of halogens is 3. The lowest BCUT2D eigenvalue weighted by Gasteiger charge is -2.29. The highest BCUT2D eigenvalue weighted by atomic mass is 31.2. The van der Waals surface area contributed by atoms with Crippen LogP contribution in [-0.2, 0) is 18.4 Å². The first-order valence-corrected chi connectivity index (χ1v) is 13.0. The Kier molecular flexibility index (Phi) is 11.4. The molecule has 2 rings (SSSR count). The topological polar surface area (TPSA) is 121 Å². The minimum Gasteiger partial charge on any atom is -0.494 e. The van der Waals surface area contributed by atoms with E-state index in [4.69, 9.17) is 23.6 Å². The maximum Gasteiger partial charge on any atom is 0.573 e. The predicted molar refractivity (Wildman–Crippen MR) is 130 cm³/mol. The first-order chi connectivity index (χ1) is 17.6. The molecule has 0 bridgehead atoms. The smallest absolute Gasteiger partial charge is 0.494 e. The number of benzene rings is 2. The average Bonchev–Trinajstić information content (AvgIpc) is 2.75. The third-order valence-electron chi connectivity index (χ3n) is 4.61. The van der Waals surface area contributed by atoms with E-state index in [1.54, 1.807) is 45.4 Å². The fourth-order valence-electron chi connectivity index (χ4n) is 3.18. The Morgan fingerprint density at radius 1 is 0.921 bits per heavy atom. The van der Waals surface area contributed by atoms with Crippen LogP contribution in [0, 0.1) is 0 Å². The van der Waals surface area contributed by atoms with Crippen molar-refractivity contribution in [1.82, 2.24) is 0 Å². The molecule has 0 aliphatic carbocycles. The van der Waals surface area contributed by atoms with Crippen molar-refractivity contribution in [2.75, 3.05) is 40.9 Å². The van der Waals surface area contributed by atoms with E-state index in [-0.39, 0.29) is 18.9 Å². The Hall–Kier alpha value is -2.83. The molecule has 38 heavy (non-hydrogen) atoms. The number of phosphoric acid groups is 1. The van der Waals surface area contributed by atoms with Crippen LogP contribution in [0.25, 0.3) is 0 Å². The molecule has 0 amide bonds. The number of carboxylic acids is 1. The molecular formula is C24H32F3NO9P+. The molecule has 2 atom stereocenters. The number of unbranched alkanes of at least 4 members (excludes halogenated alkanes) is 1. The second-order valence-electron chi connectivity index (χ2n) is 9.25. The molecule has 0 heterocycles. The maximum atomic E-state index is 12.2. The number of hydrogen-bond acceptors (Lipinski definition) is 7. The quantitative estimate of drug-likeness (QED) is 0.160. The van der Waals surface area contributed by atoms with E-state index in [1.807, 2.05) is 0 Å². The first kappa shape index (κ1) is 31.4. The van der Waals surface area contributed by atoms with Crippen LogP contribution in [0.5, 0.6) is 23.0 Å². The van der Waals surface area contributed by atoms with Crippen LogP contribution in [0.15, 0.2) is 48.5 Å². The second kappa shape index (κ2) is 13.8.